The average Bonchev–Trinajstić information content (AvgIpc) is 2.25. The predicted molar refractivity (Wildman–Crippen MR) is 67.1 cm³/mol. The van der Waals surface area contributed by atoms with Crippen molar-refractivity contribution in [3.8, 4) is 0 Å². The van der Waals surface area contributed by atoms with Gasteiger partial charge in [0.05, 0.1) is 17.9 Å². The minimum atomic E-state index is -4.28. The Morgan fingerprint density at radius 3 is 2.47 bits per heavy atom. The van der Waals surface area contributed by atoms with Gasteiger partial charge in [-0.3, -0.25) is 9.59 Å². The van der Waals surface area contributed by atoms with Crippen LogP contribution < -0.4 is 5.32 Å². The van der Waals surface area contributed by atoms with E-state index in [1.54, 1.807) is 12.1 Å². The van der Waals surface area contributed by atoms with Crippen molar-refractivity contribution in [2.24, 2.45) is 0 Å². The molecule has 1 N–H and O–H groups in total. The fraction of sp³-hybridized carbons (Fsp3) is 0.333. The number of anilines is 1. The molecule has 0 saturated heterocycles. The molecule has 0 atom stereocenters. The van der Waals surface area contributed by atoms with Crippen LogP contribution in [0, 0.1) is 0 Å². The van der Waals surface area contributed by atoms with Gasteiger partial charge in [-0.15, -0.1) is 11.8 Å². The van der Waals surface area contributed by atoms with E-state index in [1.165, 1.54) is 19.1 Å². The first-order valence-corrected chi connectivity index (χ1v) is 6.34. The van der Waals surface area contributed by atoms with Crippen LogP contribution in [0.4, 0.5) is 18.9 Å². The van der Waals surface area contributed by atoms with Crippen LogP contribution in [0.15, 0.2) is 29.2 Å². The van der Waals surface area contributed by atoms with E-state index in [1.807, 2.05) is 0 Å². The van der Waals surface area contributed by atoms with Crippen LogP contribution >= 0.6 is 11.8 Å². The number of Topliss-reactive ketones (excluding diaryl/α,β-unsaturated/α-hetero) is 1. The number of rotatable bonds is 5. The van der Waals surface area contributed by atoms with E-state index < -0.39 is 17.8 Å². The summed E-state index contributed by atoms with van der Waals surface area (Å²) in [5, 5.41) is 2.43. The molecule has 3 nitrogen and oxygen atoms in total. The molecule has 0 aliphatic rings. The van der Waals surface area contributed by atoms with Crippen LogP contribution in [0.25, 0.3) is 0 Å². The van der Waals surface area contributed by atoms with Crippen LogP contribution in [-0.2, 0) is 9.59 Å². The Bertz CT molecular complexity index is 474. The van der Waals surface area contributed by atoms with E-state index in [2.05, 4.69) is 5.32 Å². The number of nitrogens with one attached hydrogen (secondary N) is 1. The number of halogens is 3. The number of amides is 1. The lowest BCUT2D eigenvalue weighted by molar-refractivity contribution is -0.124. The quantitative estimate of drug-likeness (QED) is 0.669. The van der Waals surface area contributed by atoms with Crippen LogP contribution in [0.5, 0.6) is 0 Å². The van der Waals surface area contributed by atoms with Gasteiger partial charge in [0, 0.05) is 4.90 Å². The van der Waals surface area contributed by atoms with Crippen LogP contribution in [-0.4, -0.2) is 23.6 Å². The zero-order valence-corrected chi connectivity index (χ0v) is 10.9. The number of benzene rings is 1. The summed E-state index contributed by atoms with van der Waals surface area (Å²) < 4.78 is 36.5. The van der Waals surface area contributed by atoms with Crippen molar-refractivity contribution >= 4 is 29.1 Å². The Morgan fingerprint density at radius 2 is 1.89 bits per heavy atom. The topological polar surface area (TPSA) is 46.2 Å². The van der Waals surface area contributed by atoms with Crippen LogP contribution in [0.2, 0.25) is 0 Å². The Kier molecular flexibility index (Phi) is 5.41. The van der Waals surface area contributed by atoms with Crippen molar-refractivity contribution < 1.29 is 22.8 Å². The Labute approximate surface area is 112 Å². The Morgan fingerprint density at radius 1 is 1.26 bits per heavy atom. The highest BCUT2D eigenvalue weighted by atomic mass is 32.2. The third kappa shape index (κ3) is 6.28. The van der Waals surface area contributed by atoms with E-state index in [0.29, 0.717) is 16.7 Å². The zero-order valence-electron chi connectivity index (χ0n) is 10.1. The number of alkyl halides is 3. The molecule has 0 radical (unpaired) electrons. The van der Waals surface area contributed by atoms with E-state index in [4.69, 9.17) is 0 Å². The molecule has 104 valence electrons. The minimum absolute atomic E-state index is 0.281. The first kappa shape index (κ1) is 15.6. The fourth-order valence-corrected chi connectivity index (χ4v) is 2.04. The second-order valence-electron chi connectivity index (χ2n) is 3.83. The lowest BCUT2D eigenvalue weighted by Crippen LogP contribution is -2.15. The molecule has 1 rings (SSSR count). The largest absolute Gasteiger partial charge is 0.398 e. The van der Waals surface area contributed by atoms with Gasteiger partial charge in [-0.25, -0.2) is 0 Å². The summed E-state index contributed by atoms with van der Waals surface area (Å²) in [6.45, 7) is 1.27. The van der Waals surface area contributed by atoms with Gasteiger partial charge in [0.2, 0.25) is 5.91 Å². The summed E-state index contributed by atoms with van der Waals surface area (Å²) in [6, 6.07) is 6.16. The fourth-order valence-electron chi connectivity index (χ4n) is 1.28. The second kappa shape index (κ2) is 6.60. The average molecular weight is 291 g/mol. The van der Waals surface area contributed by atoms with Gasteiger partial charge in [-0.2, -0.15) is 13.2 Å². The zero-order chi connectivity index (χ0) is 14.5. The Balaban J connectivity index is 2.73. The highest BCUT2D eigenvalue weighted by molar-refractivity contribution is 7.99. The van der Waals surface area contributed by atoms with Crippen molar-refractivity contribution in [1.29, 1.82) is 0 Å². The summed E-state index contributed by atoms with van der Waals surface area (Å²) in [6.07, 6.45) is -4.57. The number of ketones is 1. The van der Waals surface area contributed by atoms with Gasteiger partial charge in [0.25, 0.3) is 0 Å². The molecule has 0 aliphatic carbocycles. The molecule has 0 unspecified atom stereocenters. The maximum Gasteiger partial charge on any atom is 0.398 e. The van der Waals surface area contributed by atoms with Gasteiger partial charge in [0.1, 0.15) is 5.78 Å². The summed E-state index contributed by atoms with van der Waals surface area (Å²) in [5.74, 6) is -1.88. The molecule has 1 amide bonds. The molecule has 0 heterocycles. The lowest BCUT2D eigenvalue weighted by atomic mass is 10.2. The van der Waals surface area contributed by atoms with Gasteiger partial charge >= 0.3 is 6.18 Å². The van der Waals surface area contributed by atoms with Crippen molar-refractivity contribution in [3.05, 3.63) is 24.3 Å². The minimum Gasteiger partial charge on any atom is -0.325 e. The van der Waals surface area contributed by atoms with Crippen molar-refractivity contribution in [1.82, 2.24) is 0 Å². The monoisotopic (exact) mass is 291 g/mol. The molecule has 1 aromatic rings. The smallest absolute Gasteiger partial charge is 0.325 e. The second-order valence-corrected chi connectivity index (χ2v) is 4.84. The number of thioether (sulfide) groups is 1. The SMILES string of the molecule is CC(=O)CC(=O)Nc1ccccc1SCC(F)(F)F. The van der Waals surface area contributed by atoms with Gasteiger partial charge in [-0.1, -0.05) is 12.1 Å². The number of hydrogen-bond donors (Lipinski definition) is 1. The summed E-state index contributed by atoms with van der Waals surface area (Å²) in [4.78, 5) is 22.5. The molecular formula is C12H12F3NO2S. The molecule has 1 aromatic carbocycles. The van der Waals surface area contributed by atoms with E-state index in [0.717, 1.165) is 0 Å². The highest BCUT2D eigenvalue weighted by Crippen LogP contribution is 2.32. The molecule has 0 spiro atoms. The number of carbonyl (C=O) groups excluding carboxylic acids is 2. The molecule has 0 fully saturated rings. The first-order chi connectivity index (χ1) is 8.78. The summed E-state index contributed by atoms with van der Waals surface area (Å²) >= 11 is 0.590. The number of para-hydroxylation sites is 1. The summed E-state index contributed by atoms with van der Waals surface area (Å²) in [7, 11) is 0. The maximum atomic E-state index is 12.2. The Hall–Kier alpha value is -1.50. The standard InChI is InChI=1S/C12H12F3NO2S/c1-8(17)6-11(18)16-9-4-2-3-5-10(9)19-7-12(13,14)15/h2-5H,6-7H2,1H3,(H,16,18). The number of hydrogen-bond acceptors (Lipinski definition) is 3. The number of carbonyl (C=O) groups is 2. The molecule has 19 heavy (non-hydrogen) atoms. The van der Waals surface area contributed by atoms with E-state index >= 15 is 0 Å². The maximum absolute atomic E-state index is 12.2. The van der Waals surface area contributed by atoms with Gasteiger partial charge in [-0.05, 0) is 19.1 Å². The molecule has 0 aliphatic heterocycles. The van der Waals surface area contributed by atoms with Crippen LogP contribution in [0.1, 0.15) is 13.3 Å². The normalized spacial score (nSPS) is 11.2. The van der Waals surface area contributed by atoms with Gasteiger partial charge < -0.3 is 5.32 Å². The third-order valence-corrected chi connectivity index (χ3v) is 3.10. The molecule has 7 heteroatoms. The summed E-state index contributed by atoms with van der Waals surface area (Å²) in [5.41, 5.74) is 0.281. The molecule has 0 aromatic heterocycles. The highest BCUT2D eigenvalue weighted by Gasteiger charge is 2.27. The van der Waals surface area contributed by atoms with Gasteiger partial charge in [0.15, 0.2) is 0 Å². The van der Waals surface area contributed by atoms with Crippen LogP contribution in [0.3, 0.4) is 0 Å². The first-order valence-electron chi connectivity index (χ1n) is 5.36. The predicted octanol–water partition coefficient (Wildman–Crippen LogP) is 3.26. The van der Waals surface area contributed by atoms with E-state index in [9.17, 15) is 22.8 Å². The van der Waals surface area contributed by atoms with Crippen molar-refractivity contribution in [3.63, 3.8) is 0 Å². The van der Waals surface area contributed by atoms with E-state index in [-0.39, 0.29) is 17.9 Å². The lowest BCUT2D eigenvalue weighted by Gasteiger charge is -2.11. The van der Waals surface area contributed by atoms with Crippen molar-refractivity contribution in [2.75, 3.05) is 11.1 Å². The molecular weight excluding hydrogens is 279 g/mol. The van der Waals surface area contributed by atoms with Crippen molar-refractivity contribution in [2.45, 2.75) is 24.4 Å². The molecule has 0 saturated carbocycles. The molecule has 0 bridgehead atoms. The third-order valence-electron chi connectivity index (χ3n) is 1.96.